The van der Waals surface area contributed by atoms with E-state index in [4.69, 9.17) is 21.7 Å². The molecule has 2 N–H and O–H groups in total. The number of ether oxygens (including phenoxy) is 2. The number of anilines is 1. The first kappa shape index (κ1) is 19.6. The van der Waals surface area contributed by atoms with Gasteiger partial charge in [-0.1, -0.05) is 30.3 Å². The molecule has 1 aliphatic heterocycles. The Balaban J connectivity index is 1.41. The first-order valence-electron chi connectivity index (χ1n) is 9.38. The number of morpholine rings is 1. The fourth-order valence-electron chi connectivity index (χ4n) is 3.07. The van der Waals surface area contributed by atoms with Gasteiger partial charge < -0.3 is 20.1 Å². The summed E-state index contributed by atoms with van der Waals surface area (Å²) < 4.78 is 11.3. The number of nitrogens with zero attached hydrogens (tertiary/aromatic N) is 1. The highest BCUT2D eigenvalue weighted by molar-refractivity contribution is 7.80. The minimum absolute atomic E-state index is 0.127. The predicted octanol–water partition coefficient (Wildman–Crippen LogP) is 3.27. The molecule has 1 atom stereocenters. The van der Waals surface area contributed by atoms with E-state index in [1.807, 2.05) is 37.3 Å². The molecule has 2 aromatic rings. The van der Waals surface area contributed by atoms with Gasteiger partial charge in [0.05, 0.1) is 19.3 Å². The van der Waals surface area contributed by atoms with Crippen LogP contribution in [0, 0.1) is 0 Å². The first-order chi connectivity index (χ1) is 13.2. The Morgan fingerprint density at radius 3 is 2.70 bits per heavy atom. The molecule has 0 amide bonds. The Labute approximate surface area is 166 Å². The van der Waals surface area contributed by atoms with E-state index >= 15 is 0 Å². The smallest absolute Gasteiger partial charge is 0.170 e. The molecule has 0 radical (unpaired) electrons. The lowest BCUT2D eigenvalue weighted by Gasteiger charge is -2.33. The van der Waals surface area contributed by atoms with Gasteiger partial charge in [-0.2, -0.15) is 0 Å². The number of benzene rings is 2. The van der Waals surface area contributed by atoms with Crippen molar-refractivity contribution >= 4 is 23.0 Å². The van der Waals surface area contributed by atoms with Crippen LogP contribution in [-0.4, -0.2) is 49.0 Å². The van der Waals surface area contributed by atoms with E-state index in [0.717, 1.165) is 37.7 Å². The van der Waals surface area contributed by atoms with E-state index in [2.05, 4.69) is 39.8 Å². The summed E-state index contributed by atoms with van der Waals surface area (Å²) in [5, 5.41) is 7.06. The summed E-state index contributed by atoms with van der Waals surface area (Å²) in [6, 6.07) is 18.3. The highest BCUT2D eigenvalue weighted by Gasteiger charge is 2.20. The minimum Gasteiger partial charge on any atom is -0.494 e. The van der Waals surface area contributed by atoms with Crippen LogP contribution >= 0.6 is 12.2 Å². The Kier molecular flexibility index (Phi) is 7.45. The summed E-state index contributed by atoms with van der Waals surface area (Å²) in [6.07, 6.45) is 0.127. The summed E-state index contributed by atoms with van der Waals surface area (Å²) >= 11 is 5.40. The summed E-state index contributed by atoms with van der Waals surface area (Å²) in [5.74, 6) is 0.857. The monoisotopic (exact) mass is 385 g/mol. The fraction of sp³-hybridized carbons (Fsp3) is 0.381. The van der Waals surface area contributed by atoms with Crippen molar-refractivity contribution in [3.63, 3.8) is 0 Å². The number of nitrogens with one attached hydrogen (secondary N) is 2. The largest absolute Gasteiger partial charge is 0.494 e. The van der Waals surface area contributed by atoms with Crippen LogP contribution in [-0.2, 0) is 11.3 Å². The predicted molar refractivity (Wildman–Crippen MR) is 113 cm³/mol. The maximum Gasteiger partial charge on any atom is 0.170 e. The zero-order chi connectivity index (χ0) is 18.9. The fourth-order valence-corrected chi connectivity index (χ4v) is 3.27. The van der Waals surface area contributed by atoms with Crippen molar-refractivity contribution in [3.05, 3.63) is 60.2 Å². The molecule has 1 fully saturated rings. The Bertz CT molecular complexity index is 709. The van der Waals surface area contributed by atoms with E-state index in [9.17, 15) is 0 Å². The second kappa shape index (κ2) is 10.3. The third-order valence-electron chi connectivity index (χ3n) is 4.39. The maximum atomic E-state index is 5.88. The summed E-state index contributed by atoms with van der Waals surface area (Å²) in [7, 11) is 0. The second-order valence-electron chi connectivity index (χ2n) is 6.51. The van der Waals surface area contributed by atoms with E-state index in [0.29, 0.717) is 18.3 Å². The number of rotatable bonds is 7. The lowest BCUT2D eigenvalue weighted by molar-refractivity contribution is -0.0279. The Hall–Kier alpha value is -2.15. The van der Waals surface area contributed by atoms with Gasteiger partial charge >= 0.3 is 0 Å². The Morgan fingerprint density at radius 2 is 1.96 bits per heavy atom. The maximum absolute atomic E-state index is 5.88. The molecule has 0 unspecified atom stereocenters. The van der Waals surface area contributed by atoms with Crippen LogP contribution in [0.3, 0.4) is 0 Å². The van der Waals surface area contributed by atoms with E-state index in [1.165, 1.54) is 5.56 Å². The van der Waals surface area contributed by atoms with Gasteiger partial charge in [-0.25, -0.2) is 0 Å². The molecule has 0 bridgehead atoms. The van der Waals surface area contributed by atoms with Crippen molar-refractivity contribution < 1.29 is 9.47 Å². The molecule has 3 rings (SSSR count). The summed E-state index contributed by atoms with van der Waals surface area (Å²) in [6.45, 7) is 6.88. The van der Waals surface area contributed by atoms with E-state index in [1.54, 1.807) is 0 Å². The topological polar surface area (TPSA) is 45.8 Å². The molecule has 5 nitrogen and oxygen atoms in total. The molecule has 1 heterocycles. The molecule has 0 spiro atoms. The molecule has 2 aromatic carbocycles. The average Bonchev–Trinajstić information content (AvgIpc) is 2.69. The van der Waals surface area contributed by atoms with Crippen LogP contribution in [0.4, 0.5) is 5.69 Å². The third-order valence-corrected chi connectivity index (χ3v) is 4.63. The van der Waals surface area contributed by atoms with Crippen molar-refractivity contribution in [1.29, 1.82) is 0 Å². The van der Waals surface area contributed by atoms with Crippen LogP contribution in [0.5, 0.6) is 5.75 Å². The van der Waals surface area contributed by atoms with Gasteiger partial charge in [-0.05, 0) is 49.0 Å². The highest BCUT2D eigenvalue weighted by atomic mass is 32.1. The van der Waals surface area contributed by atoms with Gasteiger partial charge in [0.25, 0.3) is 0 Å². The molecule has 1 saturated heterocycles. The highest BCUT2D eigenvalue weighted by Crippen LogP contribution is 2.15. The minimum atomic E-state index is 0.127. The first-order valence-corrected chi connectivity index (χ1v) is 9.79. The Morgan fingerprint density at radius 1 is 1.19 bits per heavy atom. The summed E-state index contributed by atoms with van der Waals surface area (Å²) in [4.78, 5) is 2.42. The molecule has 144 valence electrons. The lowest BCUT2D eigenvalue weighted by atomic mass is 10.2. The second-order valence-corrected chi connectivity index (χ2v) is 6.91. The SMILES string of the molecule is CCOc1ccc(NC(=S)NC[C@@H]2CN(Cc3ccccc3)CCO2)cc1. The molecular formula is C21H27N3O2S. The van der Waals surface area contributed by atoms with Crippen molar-refractivity contribution in [2.75, 3.05) is 38.2 Å². The van der Waals surface area contributed by atoms with Gasteiger partial charge in [-0.3, -0.25) is 4.90 Å². The van der Waals surface area contributed by atoms with Crippen molar-refractivity contribution in [1.82, 2.24) is 10.2 Å². The van der Waals surface area contributed by atoms with Crippen LogP contribution in [0.1, 0.15) is 12.5 Å². The van der Waals surface area contributed by atoms with Crippen molar-refractivity contribution in [2.45, 2.75) is 19.6 Å². The normalized spacial score (nSPS) is 17.3. The lowest BCUT2D eigenvalue weighted by Crippen LogP contribution is -2.47. The zero-order valence-electron chi connectivity index (χ0n) is 15.7. The average molecular weight is 386 g/mol. The van der Waals surface area contributed by atoms with Crippen molar-refractivity contribution in [3.8, 4) is 5.75 Å². The zero-order valence-corrected chi connectivity index (χ0v) is 16.5. The van der Waals surface area contributed by atoms with Crippen LogP contribution in [0.25, 0.3) is 0 Å². The quantitative estimate of drug-likeness (QED) is 0.714. The van der Waals surface area contributed by atoms with Crippen molar-refractivity contribution in [2.24, 2.45) is 0 Å². The van der Waals surface area contributed by atoms with Gasteiger partial charge in [0, 0.05) is 31.9 Å². The van der Waals surface area contributed by atoms with Gasteiger partial charge in [0.2, 0.25) is 0 Å². The standard InChI is InChI=1S/C21H27N3O2S/c1-2-25-19-10-8-18(9-11-19)23-21(27)22-14-20-16-24(12-13-26-20)15-17-6-4-3-5-7-17/h3-11,20H,2,12-16H2,1H3,(H2,22,23,27)/t20-/m1/s1. The molecule has 6 heteroatoms. The number of hydrogen-bond acceptors (Lipinski definition) is 4. The van der Waals surface area contributed by atoms with Gasteiger partial charge in [0.1, 0.15) is 5.75 Å². The number of thiocarbonyl (C=S) groups is 1. The van der Waals surface area contributed by atoms with Gasteiger partial charge in [-0.15, -0.1) is 0 Å². The molecule has 1 aliphatic rings. The number of hydrogen-bond donors (Lipinski definition) is 2. The van der Waals surface area contributed by atoms with E-state index < -0.39 is 0 Å². The van der Waals surface area contributed by atoms with Crippen LogP contribution in [0.15, 0.2) is 54.6 Å². The molecule has 0 saturated carbocycles. The van der Waals surface area contributed by atoms with Crippen LogP contribution < -0.4 is 15.4 Å². The van der Waals surface area contributed by atoms with Gasteiger partial charge in [0.15, 0.2) is 5.11 Å². The molecule has 0 aliphatic carbocycles. The summed E-state index contributed by atoms with van der Waals surface area (Å²) in [5.41, 5.74) is 2.27. The van der Waals surface area contributed by atoms with Crippen LogP contribution in [0.2, 0.25) is 0 Å². The molecule has 0 aromatic heterocycles. The van der Waals surface area contributed by atoms with E-state index in [-0.39, 0.29) is 6.10 Å². The molecule has 27 heavy (non-hydrogen) atoms. The third kappa shape index (κ3) is 6.50. The molecular weight excluding hydrogens is 358 g/mol.